The van der Waals surface area contributed by atoms with E-state index in [0.717, 1.165) is 6.42 Å². The summed E-state index contributed by atoms with van der Waals surface area (Å²) in [6.07, 6.45) is 0.965. The summed E-state index contributed by atoms with van der Waals surface area (Å²) < 4.78 is 42.5. The van der Waals surface area contributed by atoms with E-state index in [9.17, 15) is 13.0 Å². The number of ether oxygens (including phenoxy) is 2. The highest BCUT2D eigenvalue weighted by Crippen LogP contribution is 2.05. The van der Waals surface area contributed by atoms with Crippen molar-refractivity contribution in [3.8, 4) is 0 Å². The van der Waals surface area contributed by atoms with E-state index in [1.807, 2.05) is 6.92 Å². The molecule has 0 aromatic carbocycles. The number of rotatable bonds is 10. The van der Waals surface area contributed by atoms with Gasteiger partial charge in [0.05, 0.1) is 35.2 Å². The number of aliphatic hydroxyl groups is 1. The summed E-state index contributed by atoms with van der Waals surface area (Å²) in [5.41, 5.74) is 0. The molecule has 1 N–H and O–H groups in total. The molecular formula is C9H19O6S-. The Labute approximate surface area is 96.3 Å². The molecule has 0 bridgehead atoms. The van der Waals surface area contributed by atoms with Gasteiger partial charge in [-0.3, -0.25) is 0 Å². The molecule has 0 radical (unpaired) electrons. The molecule has 0 fully saturated rings. The molecule has 7 heteroatoms. The summed E-state index contributed by atoms with van der Waals surface area (Å²) in [6.45, 7) is 2.35. The minimum absolute atomic E-state index is 0.0296. The van der Waals surface area contributed by atoms with E-state index in [1.54, 1.807) is 0 Å². The summed E-state index contributed by atoms with van der Waals surface area (Å²) in [6, 6.07) is 0. The molecule has 0 rings (SSSR count). The van der Waals surface area contributed by atoms with Crippen LogP contribution in [0.4, 0.5) is 0 Å². The zero-order valence-electron chi connectivity index (χ0n) is 9.42. The van der Waals surface area contributed by atoms with Crippen LogP contribution in [0.3, 0.4) is 0 Å². The Bertz CT molecular complexity index is 251. The number of aliphatic hydroxyl groups excluding tert-OH is 1. The van der Waals surface area contributed by atoms with Crippen LogP contribution in [0.5, 0.6) is 0 Å². The summed E-state index contributed by atoms with van der Waals surface area (Å²) >= 11 is 0. The summed E-state index contributed by atoms with van der Waals surface area (Å²) in [5, 5.41) is 7.35. The van der Waals surface area contributed by atoms with E-state index in [4.69, 9.17) is 14.6 Å². The van der Waals surface area contributed by atoms with Crippen LogP contribution in [0.25, 0.3) is 0 Å². The Morgan fingerprint density at radius 1 is 1.25 bits per heavy atom. The van der Waals surface area contributed by atoms with Gasteiger partial charge in [-0.25, -0.2) is 8.42 Å². The van der Waals surface area contributed by atoms with Crippen LogP contribution < -0.4 is 0 Å². The van der Waals surface area contributed by atoms with E-state index in [2.05, 4.69) is 0 Å². The average Bonchev–Trinajstić information content (AvgIpc) is 2.20. The van der Waals surface area contributed by atoms with Gasteiger partial charge in [0.1, 0.15) is 0 Å². The standard InChI is InChI=1S/C9H20O6S/c1-2-5-14-6-3-9(16(11,12)13)8-15-7-4-10/h9-10H,2-8H2,1H3,(H,11,12,13)/p-1. The predicted molar refractivity (Wildman–Crippen MR) is 57.1 cm³/mol. The molecule has 0 aliphatic rings. The minimum atomic E-state index is -4.37. The first-order valence-corrected chi connectivity index (χ1v) is 6.70. The van der Waals surface area contributed by atoms with Gasteiger partial charge in [0.15, 0.2) is 0 Å². The Balaban J connectivity index is 3.93. The first kappa shape index (κ1) is 15.8. The molecule has 1 unspecified atom stereocenters. The molecule has 0 heterocycles. The van der Waals surface area contributed by atoms with Crippen molar-refractivity contribution in [2.75, 3.05) is 33.0 Å². The molecular weight excluding hydrogens is 236 g/mol. The second-order valence-electron chi connectivity index (χ2n) is 3.31. The van der Waals surface area contributed by atoms with Crippen molar-refractivity contribution in [2.24, 2.45) is 0 Å². The van der Waals surface area contributed by atoms with Gasteiger partial charge < -0.3 is 19.1 Å². The van der Waals surface area contributed by atoms with Crippen LogP contribution in [0.2, 0.25) is 0 Å². The van der Waals surface area contributed by atoms with Gasteiger partial charge in [0.2, 0.25) is 0 Å². The molecule has 0 aliphatic heterocycles. The lowest BCUT2D eigenvalue weighted by atomic mass is 10.3. The Morgan fingerprint density at radius 3 is 2.44 bits per heavy atom. The van der Waals surface area contributed by atoms with Crippen molar-refractivity contribution in [1.29, 1.82) is 0 Å². The van der Waals surface area contributed by atoms with Crippen molar-refractivity contribution < 1.29 is 27.6 Å². The van der Waals surface area contributed by atoms with Crippen LogP contribution >= 0.6 is 0 Å². The van der Waals surface area contributed by atoms with Crippen molar-refractivity contribution in [3.05, 3.63) is 0 Å². The van der Waals surface area contributed by atoms with Crippen molar-refractivity contribution in [2.45, 2.75) is 25.0 Å². The quantitative estimate of drug-likeness (QED) is 0.426. The molecule has 0 aliphatic carbocycles. The van der Waals surface area contributed by atoms with Gasteiger partial charge in [-0.05, 0) is 12.8 Å². The van der Waals surface area contributed by atoms with Gasteiger partial charge >= 0.3 is 0 Å². The lowest BCUT2D eigenvalue weighted by Crippen LogP contribution is -2.28. The highest BCUT2D eigenvalue weighted by molar-refractivity contribution is 7.86. The maximum atomic E-state index is 10.8. The molecule has 16 heavy (non-hydrogen) atoms. The SMILES string of the molecule is CCCOCCC(COCCO)S(=O)(=O)[O-]. The summed E-state index contributed by atoms with van der Waals surface area (Å²) in [4.78, 5) is 0. The lowest BCUT2D eigenvalue weighted by Gasteiger charge is -2.20. The predicted octanol–water partition coefficient (Wildman–Crippen LogP) is -0.274. The average molecular weight is 255 g/mol. The summed E-state index contributed by atoms with van der Waals surface area (Å²) in [5.74, 6) is 0. The molecule has 6 nitrogen and oxygen atoms in total. The van der Waals surface area contributed by atoms with E-state index in [1.165, 1.54) is 0 Å². The van der Waals surface area contributed by atoms with Gasteiger partial charge in [-0.2, -0.15) is 0 Å². The zero-order valence-corrected chi connectivity index (χ0v) is 10.2. The van der Waals surface area contributed by atoms with Crippen LogP contribution in [-0.4, -0.2) is 56.4 Å². The number of hydrogen-bond acceptors (Lipinski definition) is 6. The van der Waals surface area contributed by atoms with Gasteiger partial charge in [0, 0.05) is 13.2 Å². The van der Waals surface area contributed by atoms with Crippen LogP contribution in [0.1, 0.15) is 19.8 Å². The van der Waals surface area contributed by atoms with Crippen LogP contribution in [-0.2, 0) is 19.6 Å². The third kappa shape index (κ3) is 8.00. The van der Waals surface area contributed by atoms with Crippen molar-refractivity contribution in [3.63, 3.8) is 0 Å². The molecule has 0 saturated heterocycles. The molecule has 0 spiro atoms. The third-order valence-corrected chi connectivity index (χ3v) is 3.07. The Hall–Kier alpha value is -0.210. The Morgan fingerprint density at radius 2 is 1.94 bits per heavy atom. The fourth-order valence-electron chi connectivity index (χ4n) is 1.05. The Kier molecular flexibility index (Phi) is 8.77. The second kappa shape index (κ2) is 8.89. The van der Waals surface area contributed by atoms with E-state index in [-0.39, 0.29) is 32.8 Å². The van der Waals surface area contributed by atoms with Gasteiger partial charge in [-0.1, -0.05) is 6.92 Å². The van der Waals surface area contributed by atoms with Crippen LogP contribution in [0.15, 0.2) is 0 Å². The smallest absolute Gasteiger partial charge is 0.0999 e. The maximum Gasteiger partial charge on any atom is 0.0999 e. The molecule has 0 saturated carbocycles. The fraction of sp³-hybridized carbons (Fsp3) is 1.00. The van der Waals surface area contributed by atoms with Crippen molar-refractivity contribution >= 4 is 10.1 Å². The van der Waals surface area contributed by atoms with E-state index >= 15 is 0 Å². The molecule has 0 aromatic heterocycles. The number of hydrogen-bond donors (Lipinski definition) is 1. The van der Waals surface area contributed by atoms with Gasteiger partial charge in [-0.15, -0.1) is 0 Å². The second-order valence-corrected chi connectivity index (χ2v) is 4.97. The largest absolute Gasteiger partial charge is 0.748 e. The summed E-state index contributed by atoms with van der Waals surface area (Å²) in [7, 11) is -4.37. The first-order valence-electron chi connectivity index (χ1n) is 5.23. The minimum Gasteiger partial charge on any atom is -0.748 e. The molecule has 98 valence electrons. The molecule has 0 amide bonds. The third-order valence-electron chi connectivity index (χ3n) is 1.88. The van der Waals surface area contributed by atoms with E-state index < -0.39 is 15.4 Å². The maximum absolute atomic E-state index is 10.8. The highest BCUT2D eigenvalue weighted by atomic mass is 32.2. The topological polar surface area (TPSA) is 95.9 Å². The zero-order chi connectivity index (χ0) is 12.4. The normalized spacial score (nSPS) is 13.9. The highest BCUT2D eigenvalue weighted by Gasteiger charge is 2.16. The first-order chi connectivity index (χ1) is 7.52. The fourth-order valence-corrected chi connectivity index (χ4v) is 1.70. The van der Waals surface area contributed by atoms with Gasteiger partial charge in [0.25, 0.3) is 0 Å². The van der Waals surface area contributed by atoms with E-state index in [0.29, 0.717) is 6.61 Å². The molecule has 0 aromatic rings. The lowest BCUT2D eigenvalue weighted by molar-refractivity contribution is 0.0795. The monoisotopic (exact) mass is 255 g/mol. The van der Waals surface area contributed by atoms with Crippen molar-refractivity contribution in [1.82, 2.24) is 0 Å². The molecule has 1 atom stereocenters. The van der Waals surface area contributed by atoms with Crippen LogP contribution in [0, 0.1) is 0 Å².